The van der Waals surface area contributed by atoms with Gasteiger partial charge in [-0.05, 0) is 38.5 Å². The van der Waals surface area contributed by atoms with Gasteiger partial charge in [0, 0.05) is 5.88 Å². The van der Waals surface area contributed by atoms with Gasteiger partial charge in [0.25, 0.3) is 0 Å². The highest BCUT2D eigenvalue weighted by Gasteiger charge is 1.85. The summed E-state index contributed by atoms with van der Waals surface area (Å²) in [6.07, 6.45) is 15.0. The summed E-state index contributed by atoms with van der Waals surface area (Å²) < 4.78 is 0. The van der Waals surface area contributed by atoms with E-state index >= 15 is 0 Å². The topological polar surface area (TPSA) is 0 Å². The third kappa shape index (κ3) is 11.8. The van der Waals surface area contributed by atoms with E-state index in [2.05, 4.69) is 18.7 Å². The molecule has 0 aliphatic rings. The second-order valence-corrected chi connectivity index (χ2v) is 3.61. The summed E-state index contributed by atoms with van der Waals surface area (Å²) in [4.78, 5) is 0. The van der Waals surface area contributed by atoms with Crippen molar-refractivity contribution < 1.29 is 0 Å². The van der Waals surface area contributed by atoms with Crippen molar-refractivity contribution in [2.75, 3.05) is 5.88 Å². The number of alkyl halides is 1. The molecule has 0 bridgehead atoms. The van der Waals surface area contributed by atoms with Gasteiger partial charge in [0.2, 0.25) is 0 Å². The Morgan fingerprint density at radius 1 is 0.846 bits per heavy atom. The standard InChI is InChI=1S/C12H21Cl/c1-2-3-4-5-6-7-8-9-10-11-12-13/h2,6-7H,1,3-5,8-12H2. The Morgan fingerprint density at radius 3 is 2.15 bits per heavy atom. The molecular weight excluding hydrogens is 180 g/mol. The zero-order valence-electron chi connectivity index (χ0n) is 8.47. The molecule has 1 heteroatoms. The molecule has 0 aliphatic carbocycles. The highest BCUT2D eigenvalue weighted by atomic mass is 35.5. The zero-order chi connectivity index (χ0) is 9.78. The van der Waals surface area contributed by atoms with Crippen molar-refractivity contribution in [3.05, 3.63) is 24.8 Å². The lowest BCUT2D eigenvalue weighted by Crippen LogP contribution is -1.76. The van der Waals surface area contributed by atoms with Crippen LogP contribution in [0.5, 0.6) is 0 Å². The first-order chi connectivity index (χ1) is 6.41. The minimum absolute atomic E-state index is 0.809. The molecule has 0 aliphatic heterocycles. The van der Waals surface area contributed by atoms with Gasteiger partial charge < -0.3 is 0 Å². The summed E-state index contributed by atoms with van der Waals surface area (Å²) in [6.45, 7) is 3.69. The van der Waals surface area contributed by atoms with Crippen LogP contribution in [0.1, 0.15) is 44.9 Å². The lowest BCUT2D eigenvalue weighted by Gasteiger charge is -1.93. The maximum Gasteiger partial charge on any atom is 0.0223 e. The lowest BCUT2D eigenvalue weighted by atomic mass is 10.1. The molecule has 0 amide bonds. The van der Waals surface area contributed by atoms with Crippen LogP contribution in [0.25, 0.3) is 0 Å². The summed E-state index contributed by atoms with van der Waals surface area (Å²) in [6, 6.07) is 0. The second-order valence-electron chi connectivity index (χ2n) is 3.23. The molecule has 0 rings (SSSR count). The minimum atomic E-state index is 0.809. The Balaban J connectivity index is 2.98. The van der Waals surface area contributed by atoms with Gasteiger partial charge in [0.1, 0.15) is 0 Å². The van der Waals surface area contributed by atoms with Gasteiger partial charge in [0.05, 0.1) is 0 Å². The summed E-state index contributed by atoms with van der Waals surface area (Å²) in [5, 5.41) is 0. The van der Waals surface area contributed by atoms with E-state index in [1.165, 1.54) is 32.1 Å². The second kappa shape index (κ2) is 11.8. The van der Waals surface area contributed by atoms with E-state index in [1.54, 1.807) is 0 Å². The first-order valence-corrected chi connectivity index (χ1v) is 5.77. The molecule has 0 saturated carbocycles. The van der Waals surface area contributed by atoms with E-state index in [-0.39, 0.29) is 0 Å². The summed E-state index contributed by atoms with van der Waals surface area (Å²) in [5.74, 6) is 0.809. The van der Waals surface area contributed by atoms with Gasteiger partial charge in [-0.3, -0.25) is 0 Å². The monoisotopic (exact) mass is 200 g/mol. The molecule has 76 valence electrons. The molecule has 0 radical (unpaired) electrons. The first kappa shape index (κ1) is 12.8. The Kier molecular flexibility index (Phi) is 11.6. The highest BCUT2D eigenvalue weighted by molar-refractivity contribution is 6.17. The fourth-order valence-corrected chi connectivity index (χ4v) is 1.34. The third-order valence-corrected chi connectivity index (χ3v) is 2.22. The Labute approximate surface area is 87.7 Å². The molecule has 0 saturated heterocycles. The van der Waals surface area contributed by atoms with Crippen LogP contribution in [0.4, 0.5) is 0 Å². The quantitative estimate of drug-likeness (QED) is 0.288. The van der Waals surface area contributed by atoms with Gasteiger partial charge in [-0.25, -0.2) is 0 Å². The van der Waals surface area contributed by atoms with Crippen LogP contribution in [0.3, 0.4) is 0 Å². The molecule has 0 heterocycles. The largest absolute Gasteiger partial charge is 0.127 e. The van der Waals surface area contributed by atoms with Crippen molar-refractivity contribution in [2.45, 2.75) is 44.9 Å². The lowest BCUT2D eigenvalue weighted by molar-refractivity contribution is 0.730. The Morgan fingerprint density at radius 2 is 1.54 bits per heavy atom. The average Bonchev–Trinajstić information content (AvgIpc) is 2.16. The molecule has 13 heavy (non-hydrogen) atoms. The van der Waals surface area contributed by atoms with E-state index in [4.69, 9.17) is 11.6 Å². The number of rotatable bonds is 9. The van der Waals surface area contributed by atoms with Crippen LogP contribution in [0, 0.1) is 0 Å². The fourth-order valence-electron chi connectivity index (χ4n) is 1.15. The van der Waals surface area contributed by atoms with Crippen molar-refractivity contribution in [3.63, 3.8) is 0 Å². The number of allylic oxidation sites excluding steroid dienone is 3. The maximum absolute atomic E-state index is 5.57. The molecule has 0 N–H and O–H groups in total. The predicted molar refractivity (Wildman–Crippen MR) is 62.4 cm³/mol. The normalized spacial score (nSPS) is 10.8. The van der Waals surface area contributed by atoms with Crippen molar-refractivity contribution in [3.8, 4) is 0 Å². The van der Waals surface area contributed by atoms with Crippen LogP contribution in [0.2, 0.25) is 0 Å². The summed E-state index contributed by atoms with van der Waals surface area (Å²) in [7, 11) is 0. The molecule has 0 aromatic rings. The summed E-state index contributed by atoms with van der Waals surface area (Å²) in [5.41, 5.74) is 0. The number of unbranched alkanes of at least 4 members (excludes halogenated alkanes) is 5. The highest BCUT2D eigenvalue weighted by Crippen LogP contribution is 2.03. The molecule has 0 aromatic heterocycles. The smallest absolute Gasteiger partial charge is 0.0223 e. The van der Waals surface area contributed by atoms with Crippen LogP contribution >= 0.6 is 11.6 Å². The summed E-state index contributed by atoms with van der Waals surface area (Å²) >= 11 is 5.57. The Hall–Kier alpha value is -0.230. The average molecular weight is 201 g/mol. The maximum atomic E-state index is 5.57. The van der Waals surface area contributed by atoms with Crippen LogP contribution < -0.4 is 0 Å². The van der Waals surface area contributed by atoms with Gasteiger partial charge in [-0.2, -0.15) is 0 Å². The van der Waals surface area contributed by atoms with Crippen molar-refractivity contribution >= 4 is 11.6 Å². The SMILES string of the molecule is C=CCCCC=CCCCCCCl. The van der Waals surface area contributed by atoms with Gasteiger partial charge >= 0.3 is 0 Å². The molecular formula is C12H21Cl. The van der Waals surface area contributed by atoms with E-state index in [0.29, 0.717) is 0 Å². The molecule has 0 unspecified atom stereocenters. The van der Waals surface area contributed by atoms with Crippen LogP contribution in [0.15, 0.2) is 24.8 Å². The fraction of sp³-hybridized carbons (Fsp3) is 0.667. The Bertz CT molecular complexity index is 127. The minimum Gasteiger partial charge on any atom is -0.127 e. The van der Waals surface area contributed by atoms with E-state index in [1.807, 2.05) is 6.08 Å². The molecule has 0 atom stereocenters. The van der Waals surface area contributed by atoms with Gasteiger partial charge in [-0.15, -0.1) is 18.2 Å². The predicted octanol–water partition coefficient (Wildman–Crippen LogP) is 4.70. The number of hydrogen-bond acceptors (Lipinski definition) is 0. The van der Waals surface area contributed by atoms with E-state index in [0.717, 1.165) is 18.7 Å². The van der Waals surface area contributed by atoms with Crippen molar-refractivity contribution in [2.24, 2.45) is 0 Å². The first-order valence-electron chi connectivity index (χ1n) is 5.23. The molecule has 0 spiro atoms. The number of hydrogen-bond donors (Lipinski definition) is 0. The van der Waals surface area contributed by atoms with E-state index < -0.39 is 0 Å². The van der Waals surface area contributed by atoms with Gasteiger partial charge in [-0.1, -0.05) is 24.6 Å². The van der Waals surface area contributed by atoms with Crippen LogP contribution in [-0.2, 0) is 0 Å². The van der Waals surface area contributed by atoms with Crippen LogP contribution in [-0.4, -0.2) is 5.88 Å². The molecule has 0 fully saturated rings. The molecule has 0 nitrogen and oxygen atoms in total. The van der Waals surface area contributed by atoms with Gasteiger partial charge in [0.15, 0.2) is 0 Å². The van der Waals surface area contributed by atoms with Crippen molar-refractivity contribution in [1.29, 1.82) is 0 Å². The zero-order valence-corrected chi connectivity index (χ0v) is 9.23. The third-order valence-electron chi connectivity index (χ3n) is 1.95. The van der Waals surface area contributed by atoms with Crippen molar-refractivity contribution in [1.82, 2.24) is 0 Å². The van der Waals surface area contributed by atoms with E-state index in [9.17, 15) is 0 Å². The molecule has 0 aromatic carbocycles. The number of halogens is 1.